The van der Waals surface area contributed by atoms with Gasteiger partial charge in [-0.25, -0.2) is 0 Å². The van der Waals surface area contributed by atoms with Gasteiger partial charge in [0.25, 0.3) is 0 Å². The first-order valence-electron chi connectivity index (χ1n) is 7.51. The first kappa shape index (κ1) is 13.8. The molecule has 1 aliphatic carbocycles. The Labute approximate surface area is 134 Å². The number of alkyl halides is 1. The minimum absolute atomic E-state index is 0.144. The van der Waals surface area contributed by atoms with Crippen molar-refractivity contribution >= 4 is 22.5 Å². The van der Waals surface area contributed by atoms with Crippen LogP contribution in [0.15, 0.2) is 61.1 Å². The Morgan fingerprint density at radius 3 is 2.64 bits per heavy atom. The first-order valence-corrected chi connectivity index (χ1v) is 7.94. The van der Waals surface area contributed by atoms with E-state index in [4.69, 9.17) is 11.6 Å². The van der Waals surface area contributed by atoms with Gasteiger partial charge in [-0.2, -0.15) is 0 Å². The van der Waals surface area contributed by atoms with Crippen LogP contribution in [-0.2, 0) is 5.41 Å². The second-order valence-electron chi connectivity index (χ2n) is 6.01. The molecule has 2 heterocycles. The van der Waals surface area contributed by atoms with E-state index in [1.165, 1.54) is 5.56 Å². The van der Waals surface area contributed by atoms with Crippen molar-refractivity contribution in [2.75, 3.05) is 0 Å². The quantitative estimate of drug-likeness (QED) is 0.743. The monoisotopic (exact) mass is 312 g/mol. The predicted octanol–water partition coefficient (Wildman–Crippen LogP) is 3.87. The van der Waals surface area contributed by atoms with Crippen molar-refractivity contribution in [1.29, 1.82) is 0 Å². The van der Waals surface area contributed by atoms with Crippen LogP contribution in [-0.4, -0.2) is 20.0 Å². The number of pyridine rings is 1. The van der Waals surface area contributed by atoms with E-state index in [1.54, 1.807) is 10.8 Å². The Bertz CT molecular complexity index is 796. The van der Waals surface area contributed by atoms with E-state index in [0.717, 1.165) is 23.7 Å². The van der Waals surface area contributed by atoms with Gasteiger partial charge in [-0.15, -0.1) is 11.6 Å². The van der Waals surface area contributed by atoms with Crippen molar-refractivity contribution in [1.82, 2.24) is 9.55 Å². The predicted molar refractivity (Wildman–Crippen MR) is 88.0 cm³/mol. The molecule has 2 aromatic heterocycles. The lowest BCUT2D eigenvalue weighted by molar-refractivity contribution is 0.0876. The maximum atomic E-state index is 10.5. The number of aromatic nitrogens is 2. The lowest BCUT2D eigenvalue weighted by Crippen LogP contribution is -2.30. The number of nitrogens with zero attached hydrogens (tertiary/aromatic N) is 2. The molecule has 22 heavy (non-hydrogen) atoms. The van der Waals surface area contributed by atoms with E-state index in [-0.39, 0.29) is 10.8 Å². The van der Waals surface area contributed by atoms with Crippen LogP contribution in [0.5, 0.6) is 0 Å². The summed E-state index contributed by atoms with van der Waals surface area (Å²) in [6.07, 6.45) is 6.79. The number of benzene rings is 1. The lowest BCUT2D eigenvalue weighted by atomic mass is 9.90. The number of halogens is 1. The molecule has 1 saturated carbocycles. The fourth-order valence-corrected chi connectivity index (χ4v) is 3.68. The SMILES string of the molecule is OC(C(Cl)C1(c2ccc3ncccc3c2)CC1)n1cccc1. The molecule has 2 atom stereocenters. The van der Waals surface area contributed by atoms with Gasteiger partial charge < -0.3 is 9.67 Å². The van der Waals surface area contributed by atoms with Crippen LogP contribution < -0.4 is 0 Å². The third kappa shape index (κ3) is 2.13. The van der Waals surface area contributed by atoms with Crippen molar-refractivity contribution in [3.05, 3.63) is 66.6 Å². The highest BCUT2D eigenvalue weighted by atomic mass is 35.5. The summed E-state index contributed by atoms with van der Waals surface area (Å²) in [6, 6.07) is 14.1. The van der Waals surface area contributed by atoms with Gasteiger partial charge in [-0.3, -0.25) is 4.98 Å². The maximum Gasteiger partial charge on any atom is 0.147 e. The van der Waals surface area contributed by atoms with E-state index < -0.39 is 6.23 Å². The zero-order valence-corrected chi connectivity index (χ0v) is 12.8. The molecule has 2 unspecified atom stereocenters. The number of fused-ring (bicyclic) bond motifs is 1. The average molecular weight is 313 g/mol. The summed E-state index contributed by atoms with van der Waals surface area (Å²) in [5.41, 5.74) is 2.04. The minimum Gasteiger partial charge on any atom is -0.372 e. The zero-order valence-electron chi connectivity index (χ0n) is 12.1. The van der Waals surface area contributed by atoms with Crippen LogP contribution in [0.4, 0.5) is 0 Å². The van der Waals surface area contributed by atoms with Gasteiger partial charge in [0.15, 0.2) is 0 Å². The summed E-state index contributed by atoms with van der Waals surface area (Å²) in [4.78, 5) is 4.36. The highest BCUT2D eigenvalue weighted by molar-refractivity contribution is 6.22. The average Bonchev–Trinajstić information content (AvgIpc) is 3.19. The fourth-order valence-electron chi connectivity index (χ4n) is 3.20. The molecule has 0 aliphatic heterocycles. The van der Waals surface area contributed by atoms with Crippen molar-refractivity contribution < 1.29 is 5.11 Å². The van der Waals surface area contributed by atoms with Crippen LogP contribution in [0.2, 0.25) is 0 Å². The molecule has 3 aromatic rings. The van der Waals surface area contributed by atoms with E-state index in [0.29, 0.717) is 0 Å². The topological polar surface area (TPSA) is 38.1 Å². The Morgan fingerprint density at radius 2 is 1.91 bits per heavy atom. The molecule has 0 bridgehead atoms. The van der Waals surface area contributed by atoms with Gasteiger partial charge >= 0.3 is 0 Å². The molecule has 0 saturated heterocycles. The highest BCUT2D eigenvalue weighted by Crippen LogP contribution is 2.55. The van der Waals surface area contributed by atoms with Crippen molar-refractivity contribution in [2.45, 2.75) is 29.9 Å². The third-order valence-electron chi connectivity index (χ3n) is 4.69. The summed E-state index contributed by atoms with van der Waals surface area (Å²) >= 11 is 6.68. The molecule has 3 nitrogen and oxygen atoms in total. The highest BCUT2D eigenvalue weighted by Gasteiger charge is 2.52. The molecule has 1 aliphatic rings. The molecule has 1 aromatic carbocycles. The normalized spacial score (nSPS) is 19.0. The smallest absolute Gasteiger partial charge is 0.147 e. The van der Waals surface area contributed by atoms with Gasteiger partial charge in [0.05, 0.1) is 10.9 Å². The standard InChI is InChI=1S/C18H17ClN2O/c19-16(17(22)21-10-1-2-11-21)18(7-8-18)14-5-6-15-13(12-14)4-3-9-20-15/h1-6,9-12,16-17,22H,7-8H2. The van der Waals surface area contributed by atoms with E-state index >= 15 is 0 Å². The van der Waals surface area contributed by atoms with Crippen LogP contribution in [0.1, 0.15) is 24.6 Å². The van der Waals surface area contributed by atoms with Crippen molar-refractivity contribution in [3.63, 3.8) is 0 Å². The second-order valence-corrected chi connectivity index (χ2v) is 6.48. The Hall–Kier alpha value is -1.84. The van der Waals surface area contributed by atoms with Gasteiger partial charge in [0.2, 0.25) is 0 Å². The van der Waals surface area contributed by atoms with Crippen molar-refractivity contribution in [3.8, 4) is 0 Å². The summed E-state index contributed by atoms with van der Waals surface area (Å²) in [6.45, 7) is 0. The molecular weight excluding hydrogens is 296 g/mol. The number of hydrogen-bond acceptors (Lipinski definition) is 2. The summed E-state index contributed by atoms with van der Waals surface area (Å²) in [7, 11) is 0. The van der Waals surface area contributed by atoms with Gasteiger partial charge in [0.1, 0.15) is 6.23 Å². The minimum atomic E-state index is -0.719. The van der Waals surface area contributed by atoms with E-state index in [2.05, 4.69) is 23.2 Å². The summed E-state index contributed by atoms with van der Waals surface area (Å²) in [5.74, 6) is 0. The Balaban J connectivity index is 1.70. The Kier molecular flexibility index (Phi) is 3.21. The number of hydrogen-bond donors (Lipinski definition) is 1. The molecule has 0 spiro atoms. The van der Waals surface area contributed by atoms with Crippen LogP contribution in [0, 0.1) is 0 Å². The molecule has 112 valence electrons. The molecular formula is C18H17ClN2O. The molecule has 0 radical (unpaired) electrons. The lowest BCUT2D eigenvalue weighted by Gasteiger charge is -2.27. The zero-order chi connectivity index (χ0) is 15.2. The molecule has 1 N–H and O–H groups in total. The Morgan fingerprint density at radius 1 is 1.14 bits per heavy atom. The second kappa shape index (κ2) is 5.11. The van der Waals surface area contributed by atoms with Crippen LogP contribution in [0.3, 0.4) is 0 Å². The van der Waals surface area contributed by atoms with Crippen LogP contribution >= 0.6 is 11.6 Å². The van der Waals surface area contributed by atoms with Gasteiger partial charge in [-0.05, 0) is 48.7 Å². The van der Waals surface area contributed by atoms with Crippen LogP contribution in [0.25, 0.3) is 10.9 Å². The molecule has 0 amide bonds. The van der Waals surface area contributed by atoms with Gasteiger partial charge in [0, 0.05) is 29.4 Å². The first-order chi connectivity index (χ1) is 10.7. The largest absolute Gasteiger partial charge is 0.372 e. The number of rotatable bonds is 4. The molecule has 4 rings (SSSR count). The molecule has 4 heteroatoms. The molecule has 1 fully saturated rings. The third-order valence-corrected chi connectivity index (χ3v) is 5.33. The summed E-state index contributed by atoms with van der Waals surface area (Å²) in [5, 5.41) is 11.3. The maximum absolute atomic E-state index is 10.5. The van der Waals surface area contributed by atoms with E-state index in [1.807, 2.05) is 36.7 Å². The van der Waals surface area contributed by atoms with Crippen molar-refractivity contribution in [2.24, 2.45) is 0 Å². The number of aliphatic hydroxyl groups is 1. The van der Waals surface area contributed by atoms with E-state index in [9.17, 15) is 5.11 Å². The van der Waals surface area contributed by atoms with Gasteiger partial charge in [-0.1, -0.05) is 12.1 Å². The fraction of sp³-hybridized carbons (Fsp3) is 0.278. The number of aliphatic hydroxyl groups excluding tert-OH is 1. The summed E-state index contributed by atoms with van der Waals surface area (Å²) < 4.78 is 1.76.